The van der Waals surface area contributed by atoms with Gasteiger partial charge in [-0.2, -0.15) is 0 Å². The first-order valence-electron chi connectivity index (χ1n) is 6.19. The van der Waals surface area contributed by atoms with Crippen molar-refractivity contribution in [1.82, 2.24) is 0 Å². The molecule has 1 aromatic carbocycles. The van der Waals surface area contributed by atoms with Gasteiger partial charge >= 0.3 is 5.97 Å². The Bertz CT molecular complexity index is 583. The summed E-state index contributed by atoms with van der Waals surface area (Å²) in [7, 11) is 0. The van der Waals surface area contributed by atoms with E-state index in [4.69, 9.17) is 4.74 Å². The van der Waals surface area contributed by atoms with Crippen LogP contribution in [-0.4, -0.2) is 29.2 Å². The molecule has 1 amide bonds. The van der Waals surface area contributed by atoms with Crippen LogP contribution in [0, 0.1) is 17.7 Å². The third kappa shape index (κ3) is 2.08. The number of halogens is 1. The molecule has 0 saturated carbocycles. The van der Waals surface area contributed by atoms with Crippen LogP contribution in [0.3, 0.4) is 0 Å². The van der Waals surface area contributed by atoms with Crippen molar-refractivity contribution in [2.24, 2.45) is 11.8 Å². The number of carboxylic acid groups (broad SMARTS) is 1. The second-order valence-electron chi connectivity index (χ2n) is 4.84. The Morgan fingerprint density at radius 1 is 1.10 bits per heavy atom. The quantitative estimate of drug-likeness (QED) is 0.819. The zero-order chi connectivity index (χ0) is 14.3. The standard InChI is InChI=1S/C14H12FNO4/c15-7-1-3-8(4-2-7)16-13(17)11-9-5-6-10(20-9)12(11)14(18)19/h1-6,9-12H,(H,16,17)(H,18,19)/t9-,10-,11+,12-/m1/s1. The molecule has 4 atom stereocenters. The maximum absolute atomic E-state index is 12.8. The number of hydrogen-bond acceptors (Lipinski definition) is 3. The van der Waals surface area contributed by atoms with Crippen molar-refractivity contribution in [1.29, 1.82) is 0 Å². The predicted octanol–water partition coefficient (Wildman–Crippen LogP) is 1.42. The van der Waals surface area contributed by atoms with Gasteiger partial charge in [0.05, 0.1) is 18.1 Å². The summed E-state index contributed by atoms with van der Waals surface area (Å²) in [6.07, 6.45) is 2.31. The van der Waals surface area contributed by atoms with Gasteiger partial charge in [0.1, 0.15) is 11.7 Å². The molecule has 2 aliphatic rings. The van der Waals surface area contributed by atoms with Crippen LogP contribution < -0.4 is 5.32 Å². The minimum atomic E-state index is -1.05. The zero-order valence-corrected chi connectivity index (χ0v) is 10.3. The van der Waals surface area contributed by atoms with E-state index >= 15 is 0 Å². The van der Waals surface area contributed by atoms with Crippen LogP contribution in [0.2, 0.25) is 0 Å². The normalized spacial score (nSPS) is 30.4. The predicted molar refractivity (Wildman–Crippen MR) is 67.4 cm³/mol. The first-order chi connectivity index (χ1) is 9.56. The number of amides is 1. The number of fused-ring (bicyclic) bond motifs is 2. The summed E-state index contributed by atoms with van der Waals surface area (Å²) in [5.41, 5.74) is 0.423. The van der Waals surface area contributed by atoms with E-state index in [2.05, 4.69) is 5.32 Å². The van der Waals surface area contributed by atoms with Gasteiger partial charge in [-0.15, -0.1) is 0 Å². The molecule has 2 aliphatic heterocycles. The molecule has 0 aliphatic carbocycles. The molecule has 2 heterocycles. The average molecular weight is 277 g/mol. The number of hydrogen-bond donors (Lipinski definition) is 2. The third-order valence-electron chi connectivity index (χ3n) is 3.60. The van der Waals surface area contributed by atoms with Gasteiger partial charge in [0, 0.05) is 5.69 Å². The van der Waals surface area contributed by atoms with Crippen molar-refractivity contribution in [2.45, 2.75) is 12.2 Å². The molecule has 5 nitrogen and oxygen atoms in total. The van der Waals surface area contributed by atoms with Crippen LogP contribution in [0.5, 0.6) is 0 Å². The van der Waals surface area contributed by atoms with Gasteiger partial charge in [0.2, 0.25) is 5.91 Å². The summed E-state index contributed by atoms with van der Waals surface area (Å²) >= 11 is 0. The van der Waals surface area contributed by atoms with E-state index in [-0.39, 0.29) is 0 Å². The first kappa shape index (κ1) is 12.8. The SMILES string of the molecule is O=C(Nc1ccc(F)cc1)[C@@H]1[C@H](C(=O)O)[C@H]2C=C[C@H]1O2. The Balaban J connectivity index is 1.78. The number of benzene rings is 1. The highest BCUT2D eigenvalue weighted by molar-refractivity contribution is 5.96. The van der Waals surface area contributed by atoms with Gasteiger partial charge in [0.25, 0.3) is 0 Å². The highest BCUT2D eigenvalue weighted by Gasteiger charge is 2.53. The number of carbonyl (C=O) groups is 2. The first-order valence-corrected chi connectivity index (χ1v) is 6.19. The minimum absolute atomic E-state index is 0.405. The third-order valence-corrected chi connectivity index (χ3v) is 3.60. The summed E-state index contributed by atoms with van der Waals surface area (Å²) in [4.78, 5) is 23.5. The maximum atomic E-state index is 12.8. The second-order valence-corrected chi connectivity index (χ2v) is 4.84. The minimum Gasteiger partial charge on any atom is -0.481 e. The molecule has 1 fully saturated rings. The molecule has 0 unspecified atom stereocenters. The second kappa shape index (κ2) is 4.72. The summed E-state index contributed by atoms with van der Waals surface area (Å²) in [6, 6.07) is 5.29. The highest BCUT2D eigenvalue weighted by atomic mass is 19.1. The Morgan fingerprint density at radius 2 is 1.70 bits per heavy atom. The number of rotatable bonds is 3. The average Bonchev–Trinajstić information content (AvgIpc) is 3.01. The van der Waals surface area contributed by atoms with E-state index < -0.39 is 41.7 Å². The molecule has 3 rings (SSSR count). The van der Waals surface area contributed by atoms with Gasteiger partial charge in [-0.1, -0.05) is 12.2 Å². The van der Waals surface area contributed by atoms with E-state index in [1.807, 2.05) is 0 Å². The number of ether oxygens (including phenoxy) is 1. The molecule has 104 valence electrons. The molecule has 1 aromatic rings. The zero-order valence-electron chi connectivity index (χ0n) is 10.3. The molecule has 0 aromatic heterocycles. The molecule has 2 bridgehead atoms. The Morgan fingerprint density at radius 3 is 2.30 bits per heavy atom. The summed E-state index contributed by atoms with van der Waals surface area (Å²) in [6.45, 7) is 0. The number of carbonyl (C=O) groups excluding carboxylic acids is 1. The van der Waals surface area contributed by atoms with Crippen LogP contribution in [-0.2, 0) is 14.3 Å². The van der Waals surface area contributed by atoms with E-state index in [0.29, 0.717) is 5.69 Å². The van der Waals surface area contributed by atoms with Crippen molar-refractivity contribution in [2.75, 3.05) is 5.32 Å². The Hall–Kier alpha value is -2.21. The number of anilines is 1. The van der Waals surface area contributed by atoms with Crippen molar-refractivity contribution in [3.63, 3.8) is 0 Å². The lowest BCUT2D eigenvalue weighted by atomic mass is 9.82. The lowest BCUT2D eigenvalue weighted by molar-refractivity contribution is -0.145. The van der Waals surface area contributed by atoms with E-state index in [0.717, 1.165) is 0 Å². The summed E-state index contributed by atoms with van der Waals surface area (Å²) in [5.74, 6) is -3.54. The van der Waals surface area contributed by atoms with E-state index in [9.17, 15) is 19.1 Å². The molecule has 1 saturated heterocycles. The van der Waals surface area contributed by atoms with Crippen molar-refractivity contribution >= 4 is 17.6 Å². The topological polar surface area (TPSA) is 75.6 Å². The fourth-order valence-electron chi connectivity index (χ4n) is 2.67. The van der Waals surface area contributed by atoms with Crippen LogP contribution in [0.4, 0.5) is 10.1 Å². The monoisotopic (exact) mass is 277 g/mol. The fourth-order valence-corrected chi connectivity index (χ4v) is 2.67. The molecular weight excluding hydrogens is 265 g/mol. The molecule has 0 radical (unpaired) electrons. The van der Waals surface area contributed by atoms with Gasteiger partial charge in [-0.3, -0.25) is 9.59 Å². The number of aliphatic carboxylic acids is 1. The maximum Gasteiger partial charge on any atom is 0.310 e. The van der Waals surface area contributed by atoms with Crippen molar-refractivity contribution < 1.29 is 23.8 Å². The van der Waals surface area contributed by atoms with Crippen LogP contribution in [0.15, 0.2) is 36.4 Å². The molecular formula is C14H12FNO4. The van der Waals surface area contributed by atoms with Gasteiger partial charge in [-0.05, 0) is 24.3 Å². The van der Waals surface area contributed by atoms with Crippen LogP contribution in [0.25, 0.3) is 0 Å². The van der Waals surface area contributed by atoms with Crippen molar-refractivity contribution in [3.8, 4) is 0 Å². The smallest absolute Gasteiger partial charge is 0.310 e. The summed E-state index contributed by atoms with van der Waals surface area (Å²) < 4.78 is 18.2. The Kier molecular flexibility index (Phi) is 3.02. The highest BCUT2D eigenvalue weighted by Crippen LogP contribution is 2.39. The largest absolute Gasteiger partial charge is 0.481 e. The van der Waals surface area contributed by atoms with Crippen LogP contribution >= 0.6 is 0 Å². The molecule has 20 heavy (non-hydrogen) atoms. The number of carboxylic acids is 1. The molecule has 0 spiro atoms. The van der Waals surface area contributed by atoms with E-state index in [1.54, 1.807) is 12.2 Å². The fraction of sp³-hybridized carbons (Fsp3) is 0.286. The Labute approximate surface area is 114 Å². The van der Waals surface area contributed by atoms with Gasteiger partial charge < -0.3 is 15.2 Å². The molecule has 6 heteroatoms. The van der Waals surface area contributed by atoms with Gasteiger partial charge in [-0.25, -0.2) is 4.39 Å². The van der Waals surface area contributed by atoms with Crippen LogP contribution in [0.1, 0.15) is 0 Å². The molecule has 2 N–H and O–H groups in total. The van der Waals surface area contributed by atoms with Gasteiger partial charge in [0.15, 0.2) is 0 Å². The van der Waals surface area contributed by atoms with Crippen molar-refractivity contribution in [3.05, 3.63) is 42.2 Å². The summed E-state index contributed by atoms with van der Waals surface area (Å²) in [5, 5.41) is 11.8. The lowest BCUT2D eigenvalue weighted by Gasteiger charge is -2.20. The number of nitrogens with one attached hydrogen (secondary N) is 1. The van der Waals surface area contributed by atoms with E-state index in [1.165, 1.54) is 24.3 Å². The lowest BCUT2D eigenvalue weighted by Crippen LogP contribution is -2.39.